The van der Waals surface area contributed by atoms with Gasteiger partial charge in [-0.25, -0.2) is 4.79 Å². The Bertz CT molecular complexity index is 804. The van der Waals surface area contributed by atoms with Gasteiger partial charge >= 0.3 is 6.03 Å². The Morgan fingerprint density at radius 2 is 1.96 bits per heavy atom. The summed E-state index contributed by atoms with van der Waals surface area (Å²) < 4.78 is 9.10. The molecular weight excluding hydrogens is 324 g/mol. The lowest BCUT2D eigenvalue weighted by atomic mass is 10.1. The molecule has 0 saturated carbocycles. The van der Waals surface area contributed by atoms with E-state index in [4.69, 9.17) is 4.74 Å². The molecule has 3 rings (SSSR count). The van der Waals surface area contributed by atoms with Crippen molar-refractivity contribution < 1.29 is 9.53 Å². The van der Waals surface area contributed by atoms with Crippen LogP contribution in [0.3, 0.4) is 0 Å². The molecule has 1 aromatic heterocycles. The maximum Gasteiger partial charge on any atom is 0.319 e. The number of urea groups is 1. The number of rotatable bonds is 5. The molecule has 24 heavy (non-hydrogen) atoms. The molecule has 1 heterocycles. The van der Waals surface area contributed by atoms with Gasteiger partial charge in [0, 0.05) is 28.7 Å². The van der Waals surface area contributed by atoms with Crippen molar-refractivity contribution >= 4 is 23.3 Å². The first-order chi connectivity index (χ1) is 11.8. The summed E-state index contributed by atoms with van der Waals surface area (Å²) in [5.74, 6) is 0.749. The highest BCUT2D eigenvalue weighted by atomic mass is 32.1. The molecule has 0 unspecified atom stereocenters. The molecule has 0 spiro atoms. The lowest BCUT2D eigenvalue weighted by Gasteiger charge is -2.10. The molecule has 7 heteroatoms. The largest absolute Gasteiger partial charge is 0.496 e. The van der Waals surface area contributed by atoms with Gasteiger partial charge in [0.2, 0.25) is 0 Å². The number of hydrogen-bond acceptors (Lipinski definition) is 5. The van der Waals surface area contributed by atoms with E-state index in [1.54, 1.807) is 7.11 Å². The maximum absolute atomic E-state index is 12.0. The van der Waals surface area contributed by atoms with Crippen LogP contribution in [0.25, 0.3) is 11.3 Å². The summed E-state index contributed by atoms with van der Waals surface area (Å²) in [4.78, 5) is 12.0. The maximum atomic E-state index is 12.0. The summed E-state index contributed by atoms with van der Waals surface area (Å²) in [5.41, 5.74) is 3.41. The Morgan fingerprint density at radius 1 is 1.17 bits per heavy atom. The topological polar surface area (TPSA) is 76.1 Å². The molecule has 0 fully saturated rings. The number of carbonyl (C=O) groups is 1. The van der Waals surface area contributed by atoms with Crippen LogP contribution in [0, 0.1) is 0 Å². The van der Waals surface area contributed by atoms with Gasteiger partial charge < -0.3 is 15.4 Å². The van der Waals surface area contributed by atoms with Crippen LogP contribution in [-0.4, -0.2) is 22.7 Å². The Hall–Kier alpha value is -2.93. The lowest BCUT2D eigenvalue weighted by Crippen LogP contribution is -2.28. The van der Waals surface area contributed by atoms with Gasteiger partial charge in [0.15, 0.2) is 0 Å². The fourth-order valence-electron chi connectivity index (χ4n) is 2.21. The van der Waals surface area contributed by atoms with E-state index < -0.39 is 0 Å². The first-order valence-electron chi connectivity index (χ1n) is 7.30. The number of nitrogens with zero attached hydrogens (tertiary/aromatic N) is 2. The van der Waals surface area contributed by atoms with Crippen molar-refractivity contribution in [2.75, 3.05) is 12.4 Å². The van der Waals surface area contributed by atoms with Crippen molar-refractivity contribution in [3.05, 3.63) is 59.5 Å². The second kappa shape index (κ2) is 7.56. The normalized spacial score (nSPS) is 10.2. The monoisotopic (exact) mass is 340 g/mol. The zero-order valence-electron chi connectivity index (χ0n) is 13.0. The predicted molar refractivity (Wildman–Crippen MR) is 94.2 cm³/mol. The number of hydrogen-bond donors (Lipinski definition) is 2. The Morgan fingerprint density at radius 3 is 2.67 bits per heavy atom. The number of aromatic nitrogens is 2. The smallest absolute Gasteiger partial charge is 0.319 e. The molecule has 0 aliphatic rings. The van der Waals surface area contributed by atoms with E-state index in [-0.39, 0.29) is 6.03 Å². The van der Waals surface area contributed by atoms with E-state index in [0.717, 1.165) is 22.6 Å². The Kier molecular flexibility index (Phi) is 5.02. The van der Waals surface area contributed by atoms with Crippen molar-refractivity contribution in [2.24, 2.45) is 0 Å². The molecule has 2 amide bonds. The molecule has 0 bridgehead atoms. The van der Waals surface area contributed by atoms with Crippen LogP contribution >= 0.6 is 11.5 Å². The second-order valence-electron chi connectivity index (χ2n) is 4.99. The fraction of sp³-hybridized carbons (Fsp3) is 0.118. The Balaban J connectivity index is 1.57. The van der Waals surface area contributed by atoms with Gasteiger partial charge in [-0.15, -0.1) is 5.10 Å². The average Bonchev–Trinajstić information content (AvgIpc) is 3.15. The third-order valence-electron chi connectivity index (χ3n) is 3.43. The van der Waals surface area contributed by atoms with Gasteiger partial charge in [-0.2, -0.15) is 0 Å². The van der Waals surface area contributed by atoms with Gasteiger partial charge in [-0.1, -0.05) is 34.8 Å². The van der Waals surface area contributed by atoms with Crippen LogP contribution in [-0.2, 0) is 6.54 Å². The molecule has 122 valence electrons. The standard InChI is InChI=1S/C17H16N4O2S/c1-23-16-5-3-2-4-13(16)10-18-17(22)19-14-8-6-12(7-9-14)15-11-24-21-20-15/h2-9,11H,10H2,1H3,(H2,18,19,22). The van der Waals surface area contributed by atoms with Crippen LogP contribution in [0.15, 0.2) is 53.9 Å². The minimum atomic E-state index is -0.274. The number of amides is 2. The van der Waals surface area contributed by atoms with Crippen molar-refractivity contribution in [3.63, 3.8) is 0 Å². The van der Waals surface area contributed by atoms with Gasteiger partial charge in [-0.3, -0.25) is 0 Å². The molecular formula is C17H16N4O2S. The highest BCUT2D eigenvalue weighted by Gasteiger charge is 2.06. The highest BCUT2D eigenvalue weighted by molar-refractivity contribution is 7.03. The summed E-state index contributed by atoms with van der Waals surface area (Å²) in [7, 11) is 1.61. The molecule has 3 aromatic rings. The summed E-state index contributed by atoms with van der Waals surface area (Å²) >= 11 is 1.31. The van der Waals surface area contributed by atoms with Gasteiger partial charge in [0.25, 0.3) is 0 Å². The minimum absolute atomic E-state index is 0.274. The number of para-hydroxylation sites is 1. The van der Waals surface area contributed by atoms with Crippen LogP contribution in [0.4, 0.5) is 10.5 Å². The SMILES string of the molecule is COc1ccccc1CNC(=O)Nc1ccc(-c2csnn2)cc1. The van der Waals surface area contributed by atoms with E-state index in [1.807, 2.05) is 53.9 Å². The van der Waals surface area contributed by atoms with Gasteiger partial charge in [-0.05, 0) is 29.7 Å². The molecule has 2 N–H and O–H groups in total. The third-order valence-corrected chi connectivity index (χ3v) is 3.94. The minimum Gasteiger partial charge on any atom is -0.496 e. The molecule has 0 saturated heterocycles. The first kappa shape index (κ1) is 15.9. The van der Waals surface area contributed by atoms with E-state index in [2.05, 4.69) is 20.2 Å². The quantitative estimate of drug-likeness (QED) is 0.745. The summed E-state index contributed by atoms with van der Waals surface area (Å²) in [5, 5.41) is 11.5. The molecule has 0 aliphatic carbocycles. The number of benzene rings is 2. The number of anilines is 1. The van der Waals surface area contributed by atoms with E-state index >= 15 is 0 Å². The Labute approximate surface area is 143 Å². The predicted octanol–water partition coefficient (Wildman–Crippen LogP) is 3.54. The average molecular weight is 340 g/mol. The summed E-state index contributed by atoms with van der Waals surface area (Å²) in [6.07, 6.45) is 0. The lowest BCUT2D eigenvalue weighted by molar-refractivity contribution is 0.251. The van der Waals surface area contributed by atoms with Crippen LogP contribution < -0.4 is 15.4 Å². The number of nitrogens with one attached hydrogen (secondary N) is 2. The second-order valence-corrected chi connectivity index (χ2v) is 5.60. The third kappa shape index (κ3) is 3.88. The van der Waals surface area contributed by atoms with E-state index in [0.29, 0.717) is 12.2 Å². The molecule has 0 aliphatic heterocycles. The highest BCUT2D eigenvalue weighted by Crippen LogP contribution is 2.20. The molecule has 0 atom stereocenters. The fourth-order valence-corrected chi connectivity index (χ4v) is 2.68. The van der Waals surface area contributed by atoms with Crippen LogP contribution in [0.1, 0.15) is 5.56 Å². The van der Waals surface area contributed by atoms with Crippen LogP contribution in [0.2, 0.25) is 0 Å². The van der Waals surface area contributed by atoms with Crippen molar-refractivity contribution in [3.8, 4) is 17.0 Å². The summed E-state index contributed by atoms with van der Waals surface area (Å²) in [6, 6.07) is 14.7. The number of carbonyl (C=O) groups excluding carboxylic acids is 1. The van der Waals surface area contributed by atoms with E-state index in [1.165, 1.54) is 11.5 Å². The first-order valence-corrected chi connectivity index (χ1v) is 8.14. The van der Waals surface area contributed by atoms with E-state index in [9.17, 15) is 4.79 Å². The zero-order chi connectivity index (χ0) is 16.8. The van der Waals surface area contributed by atoms with Crippen LogP contribution in [0.5, 0.6) is 5.75 Å². The molecule has 0 radical (unpaired) electrons. The van der Waals surface area contributed by atoms with Crippen molar-refractivity contribution in [1.29, 1.82) is 0 Å². The number of ether oxygens (including phenoxy) is 1. The van der Waals surface area contributed by atoms with Gasteiger partial charge in [0.05, 0.1) is 7.11 Å². The molecule has 2 aromatic carbocycles. The molecule has 6 nitrogen and oxygen atoms in total. The zero-order valence-corrected chi connectivity index (χ0v) is 13.8. The van der Waals surface area contributed by atoms with Gasteiger partial charge in [0.1, 0.15) is 11.4 Å². The van der Waals surface area contributed by atoms with Crippen molar-refractivity contribution in [2.45, 2.75) is 6.54 Å². The summed E-state index contributed by atoms with van der Waals surface area (Å²) in [6.45, 7) is 0.387. The number of methoxy groups -OCH3 is 1. The van der Waals surface area contributed by atoms with Crippen molar-refractivity contribution in [1.82, 2.24) is 14.9 Å².